The van der Waals surface area contributed by atoms with Gasteiger partial charge in [0.15, 0.2) is 5.60 Å². The van der Waals surface area contributed by atoms with E-state index in [9.17, 15) is 19.8 Å². The molecule has 1 spiro atoms. The fourth-order valence-corrected chi connectivity index (χ4v) is 3.79. The van der Waals surface area contributed by atoms with E-state index in [1.165, 1.54) is 24.3 Å². The van der Waals surface area contributed by atoms with Gasteiger partial charge in [-0.3, -0.25) is 4.79 Å². The number of carbonyl (C=O) groups is 2. The van der Waals surface area contributed by atoms with Crippen LogP contribution < -0.4 is 4.74 Å². The molecule has 3 aromatic rings. The quantitative estimate of drug-likeness (QED) is 0.431. The van der Waals surface area contributed by atoms with Crippen molar-refractivity contribution in [3.05, 3.63) is 82.4 Å². The van der Waals surface area contributed by atoms with Gasteiger partial charge < -0.3 is 24.8 Å². The highest BCUT2D eigenvalue weighted by molar-refractivity contribution is 5.98. The maximum absolute atomic E-state index is 12.6. The third kappa shape index (κ3) is 2.55. The molecule has 3 N–H and O–H groups in total. The smallest absolute Gasteiger partial charge is 0.340 e. The number of aromatic hydroxyl groups is 2. The lowest BCUT2D eigenvalue weighted by Gasteiger charge is -2.36. The Balaban J connectivity index is 0.000000994. The number of aldehydes is 1. The van der Waals surface area contributed by atoms with Crippen LogP contribution in [0.15, 0.2) is 54.6 Å². The minimum Gasteiger partial charge on any atom is -0.508 e. The number of rotatable bonds is 1. The van der Waals surface area contributed by atoms with Gasteiger partial charge >= 0.3 is 5.97 Å². The SMILES string of the molecule is CO.O=Cc1ccc2c(c1)C1(OC2=O)c2ccc(O)cc2Oc2cc(O)ccc21. The van der Waals surface area contributed by atoms with E-state index in [0.29, 0.717) is 45.6 Å². The molecule has 2 aliphatic rings. The lowest BCUT2D eigenvalue weighted by molar-refractivity contribution is 0.0224. The zero-order chi connectivity index (χ0) is 20.8. The van der Waals surface area contributed by atoms with Gasteiger partial charge in [0.2, 0.25) is 0 Å². The molecule has 5 rings (SSSR count). The topological polar surface area (TPSA) is 113 Å². The van der Waals surface area contributed by atoms with Crippen molar-refractivity contribution in [2.24, 2.45) is 0 Å². The van der Waals surface area contributed by atoms with Crippen LogP contribution in [0, 0.1) is 0 Å². The second kappa shape index (κ2) is 6.65. The van der Waals surface area contributed by atoms with E-state index in [2.05, 4.69) is 0 Å². The molecule has 0 radical (unpaired) electrons. The average molecular weight is 392 g/mol. The maximum Gasteiger partial charge on any atom is 0.340 e. The molecule has 0 aliphatic carbocycles. The van der Waals surface area contributed by atoms with Crippen LogP contribution in [0.1, 0.15) is 37.4 Å². The second-order valence-corrected chi connectivity index (χ2v) is 6.46. The van der Waals surface area contributed by atoms with Gasteiger partial charge in [0, 0.05) is 41.5 Å². The van der Waals surface area contributed by atoms with Crippen LogP contribution in [-0.2, 0) is 10.3 Å². The number of carbonyl (C=O) groups excluding carboxylic acids is 2. The zero-order valence-corrected chi connectivity index (χ0v) is 15.2. The number of aliphatic hydroxyl groups excluding tert-OH is 1. The fourth-order valence-electron chi connectivity index (χ4n) is 3.79. The number of phenols is 2. The minimum atomic E-state index is -1.34. The summed E-state index contributed by atoms with van der Waals surface area (Å²) in [6.45, 7) is 0. The number of phenolic OH excluding ortho intramolecular Hbond substituents is 2. The number of aliphatic hydroxyl groups is 1. The third-order valence-corrected chi connectivity index (χ3v) is 4.93. The third-order valence-electron chi connectivity index (χ3n) is 4.93. The summed E-state index contributed by atoms with van der Waals surface area (Å²) in [5.74, 6) is 0.0373. The predicted octanol–water partition coefficient (Wildman–Crippen LogP) is 3.09. The lowest BCUT2D eigenvalue weighted by Crippen LogP contribution is -2.33. The molecule has 0 amide bonds. The Morgan fingerprint density at radius 1 is 0.828 bits per heavy atom. The first-order chi connectivity index (χ1) is 14.0. The molecule has 0 saturated heterocycles. The Bertz CT molecular complexity index is 1100. The first kappa shape index (κ1) is 18.5. The minimum absolute atomic E-state index is 0.0151. The maximum atomic E-state index is 12.6. The van der Waals surface area contributed by atoms with Crippen LogP contribution in [0.5, 0.6) is 23.0 Å². The van der Waals surface area contributed by atoms with Crippen molar-refractivity contribution in [2.45, 2.75) is 5.60 Å². The van der Waals surface area contributed by atoms with Crippen molar-refractivity contribution in [3.63, 3.8) is 0 Å². The molecule has 7 nitrogen and oxygen atoms in total. The lowest BCUT2D eigenvalue weighted by atomic mass is 9.77. The average Bonchev–Trinajstić information content (AvgIpc) is 3.01. The summed E-state index contributed by atoms with van der Waals surface area (Å²) >= 11 is 0. The standard InChI is InChI=1S/C21H12O6.CH4O/c22-10-11-1-4-14-17(7-11)21(27-20(14)25)15-5-2-12(23)8-18(15)26-19-9-13(24)3-6-16(19)21;1-2/h1-10,23-24H;2H,1H3. The van der Waals surface area contributed by atoms with E-state index in [4.69, 9.17) is 14.6 Å². The van der Waals surface area contributed by atoms with E-state index in [1.807, 2.05) is 0 Å². The molecule has 0 bridgehead atoms. The normalized spacial score (nSPS) is 14.5. The van der Waals surface area contributed by atoms with Gasteiger partial charge in [-0.2, -0.15) is 0 Å². The van der Waals surface area contributed by atoms with Crippen molar-refractivity contribution < 1.29 is 34.4 Å². The monoisotopic (exact) mass is 392 g/mol. The van der Waals surface area contributed by atoms with Gasteiger partial charge in [-0.25, -0.2) is 4.79 Å². The number of hydrogen-bond donors (Lipinski definition) is 3. The van der Waals surface area contributed by atoms with Crippen LogP contribution in [-0.4, -0.2) is 34.7 Å². The van der Waals surface area contributed by atoms with Crippen molar-refractivity contribution in [1.82, 2.24) is 0 Å². The van der Waals surface area contributed by atoms with Crippen LogP contribution in [0.3, 0.4) is 0 Å². The number of esters is 1. The number of benzene rings is 3. The van der Waals surface area contributed by atoms with Gasteiger partial charge in [-0.05, 0) is 36.4 Å². The molecule has 0 saturated carbocycles. The Hall–Kier alpha value is -3.84. The first-order valence-electron chi connectivity index (χ1n) is 8.65. The summed E-state index contributed by atoms with van der Waals surface area (Å²) in [7, 11) is 1.00. The van der Waals surface area contributed by atoms with E-state index < -0.39 is 11.6 Å². The first-order valence-corrected chi connectivity index (χ1v) is 8.65. The summed E-state index contributed by atoms with van der Waals surface area (Å²) in [4.78, 5) is 24.0. The largest absolute Gasteiger partial charge is 0.508 e. The van der Waals surface area contributed by atoms with Crippen molar-refractivity contribution in [2.75, 3.05) is 7.11 Å². The summed E-state index contributed by atoms with van der Waals surface area (Å²) in [6, 6.07) is 13.8. The molecule has 3 aromatic carbocycles. The number of hydrogen-bond acceptors (Lipinski definition) is 7. The Morgan fingerprint density at radius 3 is 1.97 bits per heavy atom. The molecule has 29 heavy (non-hydrogen) atoms. The Kier molecular flexibility index (Phi) is 4.24. The zero-order valence-electron chi connectivity index (χ0n) is 15.2. The number of ether oxygens (including phenoxy) is 2. The van der Waals surface area contributed by atoms with Crippen LogP contribution in [0.4, 0.5) is 0 Å². The molecule has 0 aromatic heterocycles. The Morgan fingerprint density at radius 2 is 1.41 bits per heavy atom. The molecule has 0 fully saturated rings. The summed E-state index contributed by atoms with van der Waals surface area (Å²) in [5.41, 5.74) is 0.969. The van der Waals surface area contributed by atoms with E-state index in [-0.39, 0.29) is 11.5 Å². The van der Waals surface area contributed by atoms with Gasteiger partial charge in [0.25, 0.3) is 0 Å². The van der Waals surface area contributed by atoms with E-state index in [0.717, 1.165) is 7.11 Å². The molecular formula is C22H16O7. The van der Waals surface area contributed by atoms with E-state index >= 15 is 0 Å². The molecule has 0 unspecified atom stereocenters. The molecular weight excluding hydrogens is 376 g/mol. The van der Waals surface area contributed by atoms with Crippen LogP contribution in [0.25, 0.3) is 0 Å². The molecule has 2 heterocycles. The molecule has 146 valence electrons. The summed E-state index contributed by atoms with van der Waals surface area (Å²) in [6.07, 6.45) is 0.700. The highest BCUT2D eigenvalue weighted by Gasteiger charge is 2.53. The van der Waals surface area contributed by atoms with Gasteiger partial charge in [-0.15, -0.1) is 0 Å². The van der Waals surface area contributed by atoms with Crippen molar-refractivity contribution in [1.29, 1.82) is 0 Å². The van der Waals surface area contributed by atoms with Crippen molar-refractivity contribution >= 4 is 12.3 Å². The van der Waals surface area contributed by atoms with Crippen molar-refractivity contribution in [3.8, 4) is 23.0 Å². The predicted molar refractivity (Wildman–Crippen MR) is 102 cm³/mol. The van der Waals surface area contributed by atoms with Crippen LogP contribution >= 0.6 is 0 Å². The Labute approximate surface area is 165 Å². The summed E-state index contributed by atoms with van der Waals surface area (Å²) in [5, 5.41) is 26.7. The van der Waals surface area contributed by atoms with Gasteiger partial charge in [-0.1, -0.05) is 6.07 Å². The molecule has 2 aliphatic heterocycles. The highest BCUT2D eigenvalue weighted by atomic mass is 16.6. The molecule has 0 atom stereocenters. The van der Waals surface area contributed by atoms with Gasteiger partial charge in [0.05, 0.1) is 5.56 Å². The summed E-state index contributed by atoms with van der Waals surface area (Å²) < 4.78 is 11.7. The number of fused-ring (bicyclic) bond motifs is 6. The highest BCUT2D eigenvalue weighted by Crippen LogP contribution is 2.57. The van der Waals surface area contributed by atoms with Gasteiger partial charge in [0.1, 0.15) is 29.3 Å². The fraction of sp³-hybridized carbons (Fsp3) is 0.0909. The van der Waals surface area contributed by atoms with Crippen LogP contribution in [0.2, 0.25) is 0 Å². The van der Waals surface area contributed by atoms with E-state index in [1.54, 1.807) is 30.3 Å². The molecule has 7 heteroatoms. The second-order valence-electron chi connectivity index (χ2n) is 6.46.